The summed E-state index contributed by atoms with van der Waals surface area (Å²) in [5.41, 5.74) is -0.720. The minimum Gasteiger partial charge on any atom is -0.464 e. The first-order valence-electron chi connectivity index (χ1n) is 6.39. The van der Waals surface area contributed by atoms with Crippen LogP contribution in [-0.2, 0) is 19.1 Å². The van der Waals surface area contributed by atoms with Crippen LogP contribution < -0.4 is 0 Å². The van der Waals surface area contributed by atoms with Gasteiger partial charge in [0.2, 0.25) is 5.91 Å². The molecule has 0 aromatic rings. The molecule has 0 bridgehead atoms. The van der Waals surface area contributed by atoms with Crippen LogP contribution in [0.15, 0.2) is 0 Å². The Kier molecular flexibility index (Phi) is 4.55. The van der Waals surface area contributed by atoms with Crippen molar-refractivity contribution in [2.75, 3.05) is 6.61 Å². The van der Waals surface area contributed by atoms with Crippen LogP contribution in [0.5, 0.6) is 0 Å². The van der Waals surface area contributed by atoms with Crippen molar-refractivity contribution < 1.29 is 23.9 Å². The van der Waals surface area contributed by atoms with Gasteiger partial charge in [-0.15, -0.1) is 0 Å². The Bertz CT molecular complexity index is 385. The summed E-state index contributed by atoms with van der Waals surface area (Å²) in [4.78, 5) is 36.6. The second-order valence-electron chi connectivity index (χ2n) is 5.62. The molecule has 6 heteroatoms. The predicted octanol–water partition coefficient (Wildman–Crippen LogP) is 1.72. The molecule has 0 radical (unpaired) electrons. The number of amides is 2. The van der Waals surface area contributed by atoms with Crippen molar-refractivity contribution >= 4 is 18.0 Å². The molecule has 2 unspecified atom stereocenters. The van der Waals surface area contributed by atoms with E-state index in [1.54, 1.807) is 34.6 Å². The van der Waals surface area contributed by atoms with Gasteiger partial charge in [-0.2, -0.15) is 0 Å². The minimum atomic E-state index is -0.887. The Morgan fingerprint density at radius 3 is 2.42 bits per heavy atom. The monoisotopic (exact) mass is 271 g/mol. The molecule has 1 rings (SSSR count). The average molecular weight is 271 g/mol. The summed E-state index contributed by atoms with van der Waals surface area (Å²) in [6.07, 6.45) is -0.650. The summed E-state index contributed by atoms with van der Waals surface area (Å²) >= 11 is 0. The highest BCUT2D eigenvalue weighted by atomic mass is 16.6. The van der Waals surface area contributed by atoms with E-state index in [0.717, 1.165) is 4.90 Å². The lowest BCUT2D eigenvalue weighted by Crippen LogP contribution is -2.47. The molecule has 1 aliphatic rings. The Labute approximate surface area is 113 Å². The zero-order valence-electron chi connectivity index (χ0n) is 12.1. The Balaban J connectivity index is 2.91. The Hall–Kier alpha value is -1.59. The number of carbonyl (C=O) groups is 3. The third-order valence-corrected chi connectivity index (χ3v) is 2.70. The lowest BCUT2D eigenvalue weighted by molar-refractivity contribution is -0.151. The third-order valence-electron chi connectivity index (χ3n) is 2.70. The third kappa shape index (κ3) is 3.68. The zero-order valence-corrected chi connectivity index (χ0v) is 12.1. The summed E-state index contributed by atoms with van der Waals surface area (Å²) in [6, 6.07) is -0.887. The molecule has 0 aromatic heterocycles. The molecule has 1 saturated heterocycles. The summed E-state index contributed by atoms with van der Waals surface area (Å²) < 4.78 is 10.1. The van der Waals surface area contributed by atoms with Crippen LogP contribution in [-0.4, -0.2) is 41.1 Å². The van der Waals surface area contributed by atoms with Crippen LogP contribution in [0, 0.1) is 5.92 Å². The van der Waals surface area contributed by atoms with E-state index in [1.165, 1.54) is 0 Å². The molecule has 6 nitrogen and oxygen atoms in total. The number of rotatable bonds is 2. The van der Waals surface area contributed by atoms with Gasteiger partial charge in [-0.1, -0.05) is 6.92 Å². The number of esters is 1. The number of nitrogens with zero attached hydrogens (tertiary/aromatic N) is 1. The quantitative estimate of drug-likeness (QED) is 0.715. The molecular formula is C13H21NO5. The highest BCUT2D eigenvalue weighted by Crippen LogP contribution is 2.28. The largest absolute Gasteiger partial charge is 0.464 e. The van der Waals surface area contributed by atoms with Crippen molar-refractivity contribution in [2.24, 2.45) is 5.92 Å². The van der Waals surface area contributed by atoms with Crippen molar-refractivity contribution in [1.29, 1.82) is 0 Å². The summed E-state index contributed by atoms with van der Waals surface area (Å²) in [7, 11) is 0. The van der Waals surface area contributed by atoms with Crippen LogP contribution in [0.25, 0.3) is 0 Å². The first kappa shape index (κ1) is 15.5. The summed E-state index contributed by atoms with van der Waals surface area (Å²) in [6.45, 7) is 8.73. The van der Waals surface area contributed by atoms with E-state index < -0.39 is 29.6 Å². The number of hydrogen-bond acceptors (Lipinski definition) is 5. The fourth-order valence-corrected chi connectivity index (χ4v) is 1.99. The van der Waals surface area contributed by atoms with Gasteiger partial charge >= 0.3 is 12.1 Å². The maximum absolute atomic E-state index is 12.0. The molecule has 1 heterocycles. The van der Waals surface area contributed by atoms with E-state index in [0.29, 0.717) is 0 Å². The minimum absolute atomic E-state index is 0.142. The zero-order chi connectivity index (χ0) is 14.8. The molecule has 19 heavy (non-hydrogen) atoms. The van der Waals surface area contributed by atoms with Gasteiger partial charge in [-0.05, 0) is 33.6 Å². The molecule has 0 spiro atoms. The fourth-order valence-electron chi connectivity index (χ4n) is 1.99. The topological polar surface area (TPSA) is 72.9 Å². The van der Waals surface area contributed by atoms with E-state index in [1.807, 2.05) is 0 Å². The van der Waals surface area contributed by atoms with Crippen molar-refractivity contribution in [3.05, 3.63) is 0 Å². The lowest BCUT2D eigenvalue weighted by atomic mass is 10.0. The summed E-state index contributed by atoms with van der Waals surface area (Å²) in [5, 5.41) is 0. The highest BCUT2D eigenvalue weighted by Gasteiger charge is 2.47. The van der Waals surface area contributed by atoms with E-state index in [9.17, 15) is 14.4 Å². The molecule has 1 aliphatic heterocycles. The first-order valence-corrected chi connectivity index (χ1v) is 6.39. The van der Waals surface area contributed by atoms with E-state index in [-0.39, 0.29) is 18.9 Å². The van der Waals surface area contributed by atoms with Crippen molar-refractivity contribution in [3.63, 3.8) is 0 Å². The SMILES string of the molecule is CCOC(=O)C1C(C)CC(=O)N1C(=O)OC(C)(C)C. The first-order chi connectivity index (χ1) is 8.67. The number of carbonyl (C=O) groups excluding carboxylic acids is 3. The molecule has 0 aliphatic carbocycles. The smallest absolute Gasteiger partial charge is 0.417 e. The van der Waals surface area contributed by atoms with Crippen LogP contribution in [0.1, 0.15) is 41.0 Å². The molecule has 2 atom stereocenters. The Morgan fingerprint density at radius 1 is 1.37 bits per heavy atom. The van der Waals surface area contributed by atoms with Crippen LogP contribution in [0.3, 0.4) is 0 Å². The van der Waals surface area contributed by atoms with Crippen LogP contribution in [0.4, 0.5) is 4.79 Å². The van der Waals surface area contributed by atoms with Gasteiger partial charge in [-0.25, -0.2) is 14.5 Å². The van der Waals surface area contributed by atoms with Gasteiger partial charge in [0.1, 0.15) is 11.6 Å². The number of ether oxygens (including phenoxy) is 2. The molecule has 2 amide bonds. The lowest BCUT2D eigenvalue weighted by Gasteiger charge is -2.27. The molecule has 108 valence electrons. The maximum atomic E-state index is 12.0. The van der Waals surface area contributed by atoms with E-state index >= 15 is 0 Å². The standard InChI is InChI=1S/C13H21NO5/c1-6-18-11(16)10-8(2)7-9(15)14(10)12(17)19-13(3,4)5/h8,10H,6-7H2,1-5H3. The second kappa shape index (κ2) is 5.59. The second-order valence-corrected chi connectivity index (χ2v) is 5.62. The van der Waals surface area contributed by atoms with Gasteiger partial charge in [0.15, 0.2) is 0 Å². The molecule has 1 fully saturated rings. The molecule has 0 saturated carbocycles. The van der Waals surface area contributed by atoms with Crippen molar-refractivity contribution in [2.45, 2.75) is 52.7 Å². The highest BCUT2D eigenvalue weighted by molar-refractivity contribution is 5.99. The van der Waals surface area contributed by atoms with E-state index in [4.69, 9.17) is 9.47 Å². The van der Waals surface area contributed by atoms with Crippen LogP contribution in [0.2, 0.25) is 0 Å². The average Bonchev–Trinajstić information content (AvgIpc) is 2.51. The Morgan fingerprint density at radius 2 is 1.95 bits per heavy atom. The molecule has 0 N–H and O–H groups in total. The van der Waals surface area contributed by atoms with Crippen molar-refractivity contribution in [3.8, 4) is 0 Å². The van der Waals surface area contributed by atoms with Gasteiger partial charge < -0.3 is 9.47 Å². The summed E-state index contributed by atoms with van der Waals surface area (Å²) in [5.74, 6) is -1.23. The molecular weight excluding hydrogens is 250 g/mol. The van der Waals surface area contributed by atoms with Gasteiger partial charge in [-0.3, -0.25) is 4.79 Å². The normalized spacial score (nSPS) is 23.4. The van der Waals surface area contributed by atoms with Gasteiger partial charge in [0.05, 0.1) is 6.61 Å². The van der Waals surface area contributed by atoms with Crippen molar-refractivity contribution in [1.82, 2.24) is 4.90 Å². The molecule has 0 aromatic carbocycles. The van der Waals surface area contributed by atoms with Crippen LogP contribution >= 0.6 is 0 Å². The van der Waals surface area contributed by atoms with Gasteiger partial charge in [0, 0.05) is 6.42 Å². The van der Waals surface area contributed by atoms with Gasteiger partial charge in [0.25, 0.3) is 0 Å². The number of likely N-dealkylation sites (tertiary alicyclic amines) is 1. The number of hydrogen-bond donors (Lipinski definition) is 0. The predicted molar refractivity (Wildman–Crippen MR) is 67.3 cm³/mol. The fraction of sp³-hybridized carbons (Fsp3) is 0.769. The maximum Gasteiger partial charge on any atom is 0.417 e. The van der Waals surface area contributed by atoms with E-state index in [2.05, 4.69) is 0 Å². The number of imide groups is 1.